The average molecular weight is 340 g/mol. The Hall–Kier alpha value is -0.840. The normalized spacial score (nSPS) is 11.0. The Balaban J connectivity index is 2.32. The lowest BCUT2D eigenvalue weighted by Gasteiger charge is -2.13. The van der Waals surface area contributed by atoms with Crippen molar-refractivity contribution in [3.05, 3.63) is 39.0 Å². The first kappa shape index (κ1) is 14.6. The molecule has 0 fully saturated rings. The molecule has 4 heteroatoms. The molecule has 0 aliphatic carbocycles. The van der Waals surface area contributed by atoms with Crippen molar-refractivity contribution in [3.63, 3.8) is 0 Å². The molecule has 1 heterocycles. The number of benzene rings is 1. The van der Waals surface area contributed by atoms with Gasteiger partial charge in [-0.3, -0.25) is 0 Å². The summed E-state index contributed by atoms with van der Waals surface area (Å²) in [6, 6.07) is 6.80. The summed E-state index contributed by atoms with van der Waals surface area (Å²) in [7, 11) is 1.72. The fourth-order valence-corrected chi connectivity index (χ4v) is 3.42. The molecule has 2 rings (SSSR count). The minimum Gasteiger partial charge on any atom is -0.496 e. The van der Waals surface area contributed by atoms with E-state index >= 15 is 0 Å². The predicted molar refractivity (Wildman–Crippen MR) is 86.0 cm³/mol. The second kappa shape index (κ2) is 6.55. The highest BCUT2D eigenvalue weighted by Crippen LogP contribution is 2.34. The summed E-state index contributed by atoms with van der Waals surface area (Å²) in [6.07, 6.45) is 0. The zero-order chi connectivity index (χ0) is 13.8. The van der Waals surface area contributed by atoms with Gasteiger partial charge in [-0.15, -0.1) is 0 Å². The van der Waals surface area contributed by atoms with Crippen LogP contribution in [0.1, 0.15) is 19.4 Å². The summed E-state index contributed by atoms with van der Waals surface area (Å²) < 4.78 is 6.58. The van der Waals surface area contributed by atoms with Crippen molar-refractivity contribution < 1.29 is 4.74 Å². The van der Waals surface area contributed by atoms with Gasteiger partial charge in [-0.1, -0.05) is 19.9 Å². The van der Waals surface area contributed by atoms with E-state index in [1.807, 2.05) is 6.07 Å². The number of ether oxygens (including phenoxy) is 1. The summed E-state index contributed by atoms with van der Waals surface area (Å²) in [5.74, 6) is 0.934. The van der Waals surface area contributed by atoms with Crippen LogP contribution in [0.5, 0.6) is 5.75 Å². The Morgan fingerprint density at radius 2 is 2.11 bits per heavy atom. The summed E-state index contributed by atoms with van der Waals surface area (Å²) in [4.78, 5) is 0. The lowest BCUT2D eigenvalue weighted by Crippen LogP contribution is -2.22. The van der Waals surface area contributed by atoms with Crippen molar-refractivity contribution in [2.75, 3.05) is 7.11 Å². The van der Waals surface area contributed by atoms with Crippen LogP contribution in [0, 0.1) is 0 Å². The lowest BCUT2D eigenvalue weighted by molar-refractivity contribution is 0.406. The number of thiophene rings is 1. The largest absolute Gasteiger partial charge is 0.496 e. The van der Waals surface area contributed by atoms with Gasteiger partial charge >= 0.3 is 0 Å². The van der Waals surface area contributed by atoms with E-state index in [9.17, 15) is 0 Å². The molecule has 0 bridgehead atoms. The zero-order valence-electron chi connectivity index (χ0n) is 11.4. The minimum atomic E-state index is 0.459. The maximum atomic E-state index is 5.43. The number of rotatable bonds is 5. The van der Waals surface area contributed by atoms with Gasteiger partial charge in [0.15, 0.2) is 0 Å². The minimum absolute atomic E-state index is 0.459. The summed E-state index contributed by atoms with van der Waals surface area (Å²) >= 11 is 5.29. The van der Waals surface area contributed by atoms with Crippen LogP contribution in [0.25, 0.3) is 11.1 Å². The molecule has 0 saturated heterocycles. The van der Waals surface area contributed by atoms with Gasteiger partial charge in [0.1, 0.15) is 5.75 Å². The van der Waals surface area contributed by atoms with E-state index in [1.54, 1.807) is 18.4 Å². The summed E-state index contributed by atoms with van der Waals surface area (Å²) in [5.41, 5.74) is 3.64. The Bertz CT molecular complexity index is 551. The first-order valence-electron chi connectivity index (χ1n) is 6.24. The Kier molecular flexibility index (Phi) is 5.02. The molecular weight excluding hydrogens is 322 g/mol. The predicted octanol–water partition coefficient (Wildman–Crippen LogP) is 4.68. The van der Waals surface area contributed by atoms with Gasteiger partial charge < -0.3 is 10.1 Å². The Morgan fingerprint density at radius 3 is 2.68 bits per heavy atom. The molecule has 1 aromatic heterocycles. The van der Waals surface area contributed by atoms with Gasteiger partial charge in [0.05, 0.1) is 7.11 Å². The molecule has 19 heavy (non-hydrogen) atoms. The highest BCUT2D eigenvalue weighted by molar-refractivity contribution is 9.10. The molecule has 0 amide bonds. The standard InChI is InChI=1S/C15H18BrNOS/c1-10(2)17-7-12-6-11(4-5-15(12)18-3)13-8-19-9-14(13)16/h4-6,8-10,17H,7H2,1-3H3. The zero-order valence-corrected chi connectivity index (χ0v) is 13.8. The summed E-state index contributed by atoms with van der Waals surface area (Å²) in [6.45, 7) is 5.11. The van der Waals surface area contributed by atoms with E-state index in [0.717, 1.165) is 16.8 Å². The second-order valence-corrected chi connectivity index (χ2v) is 6.29. The van der Waals surface area contributed by atoms with Crippen molar-refractivity contribution in [1.82, 2.24) is 5.32 Å². The molecular formula is C15H18BrNOS. The number of halogens is 1. The molecule has 0 unspecified atom stereocenters. The van der Waals surface area contributed by atoms with Crippen LogP contribution < -0.4 is 10.1 Å². The van der Waals surface area contributed by atoms with E-state index in [1.165, 1.54) is 16.7 Å². The van der Waals surface area contributed by atoms with E-state index in [0.29, 0.717) is 6.04 Å². The molecule has 0 atom stereocenters. The topological polar surface area (TPSA) is 21.3 Å². The molecule has 0 aliphatic rings. The van der Waals surface area contributed by atoms with Crippen LogP contribution in [-0.4, -0.2) is 13.2 Å². The van der Waals surface area contributed by atoms with Crippen molar-refractivity contribution in [3.8, 4) is 16.9 Å². The number of hydrogen-bond acceptors (Lipinski definition) is 3. The molecule has 0 saturated carbocycles. The highest BCUT2D eigenvalue weighted by atomic mass is 79.9. The monoisotopic (exact) mass is 339 g/mol. The molecule has 2 nitrogen and oxygen atoms in total. The number of methoxy groups -OCH3 is 1. The number of hydrogen-bond donors (Lipinski definition) is 1. The fraction of sp³-hybridized carbons (Fsp3) is 0.333. The van der Waals surface area contributed by atoms with Crippen LogP contribution >= 0.6 is 27.3 Å². The molecule has 1 N–H and O–H groups in total. The first-order valence-corrected chi connectivity index (χ1v) is 7.97. The number of nitrogens with one attached hydrogen (secondary N) is 1. The van der Waals surface area contributed by atoms with Crippen LogP contribution in [0.2, 0.25) is 0 Å². The van der Waals surface area contributed by atoms with Gasteiger partial charge in [-0.25, -0.2) is 0 Å². The molecule has 0 radical (unpaired) electrons. The summed E-state index contributed by atoms with van der Waals surface area (Å²) in [5, 5.41) is 7.70. The smallest absolute Gasteiger partial charge is 0.123 e. The van der Waals surface area contributed by atoms with Crippen LogP contribution in [0.15, 0.2) is 33.4 Å². The van der Waals surface area contributed by atoms with Crippen LogP contribution in [-0.2, 0) is 6.54 Å². The van der Waals surface area contributed by atoms with E-state index in [-0.39, 0.29) is 0 Å². The third kappa shape index (κ3) is 3.59. The molecule has 0 spiro atoms. The molecule has 102 valence electrons. The maximum Gasteiger partial charge on any atom is 0.123 e. The SMILES string of the molecule is COc1ccc(-c2cscc2Br)cc1CNC(C)C. The quantitative estimate of drug-likeness (QED) is 0.853. The molecule has 1 aromatic carbocycles. The van der Waals surface area contributed by atoms with Crippen molar-refractivity contribution in [2.45, 2.75) is 26.4 Å². The van der Waals surface area contributed by atoms with Gasteiger partial charge in [0, 0.05) is 33.6 Å². The molecule has 0 aliphatic heterocycles. The highest BCUT2D eigenvalue weighted by Gasteiger charge is 2.09. The van der Waals surface area contributed by atoms with Crippen molar-refractivity contribution in [1.29, 1.82) is 0 Å². The van der Waals surface area contributed by atoms with Crippen molar-refractivity contribution >= 4 is 27.3 Å². The maximum absolute atomic E-state index is 5.43. The van der Waals surface area contributed by atoms with Gasteiger partial charge in [0.25, 0.3) is 0 Å². The van der Waals surface area contributed by atoms with E-state index in [4.69, 9.17) is 4.74 Å². The third-order valence-corrected chi connectivity index (χ3v) is 4.61. The lowest BCUT2D eigenvalue weighted by atomic mass is 10.0. The van der Waals surface area contributed by atoms with Gasteiger partial charge in [-0.2, -0.15) is 11.3 Å². The average Bonchev–Trinajstić information content (AvgIpc) is 2.82. The van der Waals surface area contributed by atoms with Gasteiger partial charge in [0.2, 0.25) is 0 Å². The van der Waals surface area contributed by atoms with Gasteiger partial charge in [-0.05, 0) is 39.0 Å². The van der Waals surface area contributed by atoms with Crippen molar-refractivity contribution in [2.24, 2.45) is 0 Å². The Labute approximate surface area is 126 Å². The first-order chi connectivity index (χ1) is 9.11. The Morgan fingerprint density at radius 1 is 1.32 bits per heavy atom. The van der Waals surface area contributed by atoms with E-state index in [2.05, 4.69) is 58.0 Å². The third-order valence-electron chi connectivity index (χ3n) is 2.91. The fourth-order valence-electron chi connectivity index (χ4n) is 1.89. The second-order valence-electron chi connectivity index (χ2n) is 4.70. The molecule has 2 aromatic rings. The van der Waals surface area contributed by atoms with E-state index < -0.39 is 0 Å². The van der Waals surface area contributed by atoms with Crippen LogP contribution in [0.3, 0.4) is 0 Å². The van der Waals surface area contributed by atoms with Crippen LogP contribution in [0.4, 0.5) is 0 Å².